The van der Waals surface area contributed by atoms with Crippen molar-refractivity contribution < 1.29 is 14.3 Å². The molecule has 0 saturated carbocycles. The predicted octanol–water partition coefficient (Wildman–Crippen LogP) is 3.89. The molecule has 4 rings (SSSR count). The summed E-state index contributed by atoms with van der Waals surface area (Å²) >= 11 is 1.61. The van der Waals surface area contributed by atoms with Crippen molar-refractivity contribution in [1.82, 2.24) is 19.7 Å². The number of carbonyl (C=O) groups is 1. The fraction of sp³-hybridized carbons (Fsp3) is 0.375. The lowest BCUT2D eigenvalue weighted by atomic mass is 10.2. The van der Waals surface area contributed by atoms with Crippen LogP contribution in [0.2, 0.25) is 0 Å². The minimum Gasteiger partial charge on any atom is -0.485 e. The van der Waals surface area contributed by atoms with Crippen molar-refractivity contribution in [1.29, 1.82) is 0 Å². The highest BCUT2D eigenvalue weighted by atomic mass is 32.2. The van der Waals surface area contributed by atoms with Crippen LogP contribution in [0.1, 0.15) is 24.2 Å². The van der Waals surface area contributed by atoms with Crippen LogP contribution >= 0.6 is 11.8 Å². The van der Waals surface area contributed by atoms with E-state index in [-0.39, 0.29) is 5.91 Å². The Morgan fingerprint density at radius 2 is 1.81 bits per heavy atom. The molecule has 0 bridgehead atoms. The third-order valence-electron chi connectivity index (χ3n) is 5.30. The van der Waals surface area contributed by atoms with E-state index < -0.39 is 0 Å². The average Bonchev–Trinajstić information content (AvgIpc) is 3.25. The van der Waals surface area contributed by atoms with E-state index in [1.165, 1.54) is 0 Å². The van der Waals surface area contributed by atoms with E-state index in [2.05, 4.69) is 10.2 Å². The van der Waals surface area contributed by atoms with Gasteiger partial charge in [0.15, 0.2) is 11.0 Å². The van der Waals surface area contributed by atoms with Gasteiger partial charge >= 0.3 is 0 Å². The van der Waals surface area contributed by atoms with Gasteiger partial charge in [0.2, 0.25) is 5.91 Å². The third kappa shape index (κ3) is 5.69. The summed E-state index contributed by atoms with van der Waals surface area (Å²) in [7, 11) is 0. The predicted molar refractivity (Wildman–Crippen MR) is 124 cm³/mol. The first-order valence-corrected chi connectivity index (χ1v) is 11.9. The molecule has 3 aromatic rings. The number of aryl methyl sites for hydroxylation is 1. The van der Waals surface area contributed by atoms with E-state index >= 15 is 0 Å². The number of hydrogen-bond acceptors (Lipinski definition) is 6. The molecule has 1 amide bonds. The van der Waals surface area contributed by atoms with Gasteiger partial charge in [-0.1, -0.05) is 48.2 Å². The van der Waals surface area contributed by atoms with E-state index in [4.69, 9.17) is 9.47 Å². The van der Waals surface area contributed by atoms with Crippen molar-refractivity contribution in [2.75, 3.05) is 32.1 Å². The molecule has 1 fully saturated rings. The summed E-state index contributed by atoms with van der Waals surface area (Å²) in [5.41, 5.74) is 2.07. The number of hydrogen-bond donors (Lipinski definition) is 0. The second-order valence-corrected chi connectivity index (χ2v) is 8.63. The Kier molecular flexibility index (Phi) is 7.79. The lowest BCUT2D eigenvalue weighted by Gasteiger charge is -2.26. The Morgan fingerprint density at radius 1 is 1.06 bits per heavy atom. The van der Waals surface area contributed by atoms with Crippen LogP contribution < -0.4 is 4.74 Å². The molecule has 168 valence electrons. The Hall–Kier alpha value is -2.84. The number of aromatic nitrogens is 3. The zero-order valence-corrected chi connectivity index (χ0v) is 19.1. The summed E-state index contributed by atoms with van der Waals surface area (Å²) in [5.74, 6) is 2.57. The van der Waals surface area contributed by atoms with Gasteiger partial charge in [-0.25, -0.2) is 0 Å². The summed E-state index contributed by atoms with van der Waals surface area (Å²) in [6.07, 6.45) is 1.33. The molecule has 0 radical (unpaired) electrons. The number of benzene rings is 2. The van der Waals surface area contributed by atoms with Crippen LogP contribution in [0.15, 0.2) is 59.8 Å². The first-order chi connectivity index (χ1) is 15.7. The van der Waals surface area contributed by atoms with Crippen LogP contribution in [0.4, 0.5) is 0 Å². The first-order valence-electron chi connectivity index (χ1n) is 10.9. The SMILES string of the molecule is Cc1ccccc1OCc1nnc(SCCCC(=O)N2CCOCC2)n1-c1ccccc1. The number of para-hydroxylation sites is 2. The molecule has 2 aromatic carbocycles. The summed E-state index contributed by atoms with van der Waals surface area (Å²) in [6, 6.07) is 18.0. The number of nitrogens with zero attached hydrogens (tertiary/aromatic N) is 4. The lowest BCUT2D eigenvalue weighted by molar-refractivity contribution is -0.135. The highest BCUT2D eigenvalue weighted by Gasteiger charge is 2.18. The molecule has 1 aliphatic rings. The van der Waals surface area contributed by atoms with E-state index in [0.29, 0.717) is 39.3 Å². The molecule has 0 aliphatic carbocycles. The minimum atomic E-state index is 0.200. The molecule has 1 aromatic heterocycles. The Labute approximate surface area is 192 Å². The van der Waals surface area contributed by atoms with Gasteiger partial charge in [0.25, 0.3) is 0 Å². The van der Waals surface area contributed by atoms with Gasteiger partial charge in [-0.3, -0.25) is 9.36 Å². The summed E-state index contributed by atoms with van der Waals surface area (Å²) in [5, 5.41) is 9.62. The Morgan fingerprint density at radius 3 is 2.59 bits per heavy atom. The van der Waals surface area contributed by atoms with Gasteiger partial charge in [0, 0.05) is 31.0 Å². The standard InChI is InChI=1S/C24H28N4O3S/c1-19-8-5-6-11-21(19)31-18-22-25-26-24(28(22)20-9-3-2-4-10-20)32-17-7-12-23(29)27-13-15-30-16-14-27/h2-6,8-11H,7,12-18H2,1H3. The number of ether oxygens (including phenoxy) is 2. The van der Waals surface area contributed by atoms with Crippen molar-refractivity contribution in [3.05, 3.63) is 66.0 Å². The third-order valence-corrected chi connectivity index (χ3v) is 6.31. The summed E-state index contributed by atoms with van der Waals surface area (Å²) < 4.78 is 13.4. The number of morpholine rings is 1. The van der Waals surface area contributed by atoms with Crippen LogP contribution in [0.5, 0.6) is 5.75 Å². The van der Waals surface area contributed by atoms with Gasteiger partial charge in [-0.05, 0) is 37.1 Å². The molecule has 0 N–H and O–H groups in total. The molecule has 2 heterocycles. The second kappa shape index (κ2) is 11.2. The van der Waals surface area contributed by atoms with E-state index in [1.54, 1.807) is 11.8 Å². The Balaban J connectivity index is 1.40. The van der Waals surface area contributed by atoms with E-state index in [0.717, 1.165) is 40.2 Å². The molecule has 0 atom stereocenters. The van der Waals surface area contributed by atoms with Crippen LogP contribution in [0.25, 0.3) is 5.69 Å². The van der Waals surface area contributed by atoms with E-state index in [1.807, 2.05) is 71.0 Å². The molecule has 7 nitrogen and oxygen atoms in total. The molecule has 32 heavy (non-hydrogen) atoms. The summed E-state index contributed by atoms with van der Waals surface area (Å²) in [4.78, 5) is 14.3. The average molecular weight is 453 g/mol. The number of rotatable bonds is 9. The van der Waals surface area contributed by atoms with Crippen molar-refractivity contribution >= 4 is 17.7 Å². The fourth-order valence-electron chi connectivity index (χ4n) is 3.54. The molecule has 0 unspecified atom stereocenters. The largest absolute Gasteiger partial charge is 0.485 e. The van der Waals surface area contributed by atoms with Crippen molar-refractivity contribution in [2.24, 2.45) is 0 Å². The van der Waals surface area contributed by atoms with Gasteiger partial charge in [0.05, 0.1) is 13.2 Å². The lowest BCUT2D eigenvalue weighted by Crippen LogP contribution is -2.40. The van der Waals surface area contributed by atoms with Crippen molar-refractivity contribution in [2.45, 2.75) is 31.5 Å². The number of amides is 1. The van der Waals surface area contributed by atoms with Gasteiger partial charge in [-0.2, -0.15) is 0 Å². The van der Waals surface area contributed by atoms with Crippen LogP contribution in [0, 0.1) is 6.92 Å². The van der Waals surface area contributed by atoms with Crippen LogP contribution in [0.3, 0.4) is 0 Å². The maximum atomic E-state index is 12.4. The highest BCUT2D eigenvalue weighted by Crippen LogP contribution is 2.25. The van der Waals surface area contributed by atoms with Gasteiger partial charge < -0.3 is 14.4 Å². The Bertz CT molecular complexity index is 1020. The molecule has 1 aliphatic heterocycles. The van der Waals surface area contributed by atoms with Crippen molar-refractivity contribution in [3.8, 4) is 11.4 Å². The zero-order chi connectivity index (χ0) is 22.2. The van der Waals surface area contributed by atoms with Gasteiger partial charge in [0.1, 0.15) is 12.4 Å². The minimum absolute atomic E-state index is 0.200. The van der Waals surface area contributed by atoms with Crippen molar-refractivity contribution in [3.63, 3.8) is 0 Å². The molecule has 1 saturated heterocycles. The quantitative estimate of drug-likeness (QED) is 0.362. The van der Waals surface area contributed by atoms with Crippen LogP contribution in [-0.2, 0) is 16.1 Å². The molecular weight excluding hydrogens is 424 g/mol. The number of carbonyl (C=O) groups excluding carboxylic acids is 1. The zero-order valence-electron chi connectivity index (χ0n) is 18.3. The monoisotopic (exact) mass is 452 g/mol. The smallest absolute Gasteiger partial charge is 0.222 e. The topological polar surface area (TPSA) is 69.5 Å². The molecule has 0 spiro atoms. The summed E-state index contributed by atoms with van der Waals surface area (Å²) in [6.45, 7) is 5.00. The maximum Gasteiger partial charge on any atom is 0.222 e. The normalized spacial score (nSPS) is 13.8. The molecule has 8 heteroatoms. The maximum absolute atomic E-state index is 12.4. The van der Waals surface area contributed by atoms with E-state index in [9.17, 15) is 4.79 Å². The molecular formula is C24H28N4O3S. The first kappa shape index (κ1) is 22.4. The second-order valence-electron chi connectivity index (χ2n) is 7.57. The van der Waals surface area contributed by atoms with Gasteiger partial charge in [-0.15, -0.1) is 10.2 Å². The number of thioether (sulfide) groups is 1. The highest BCUT2D eigenvalue weighted by molar-refractivity contribution is 7.99. The van der Waals surface area contributed by atoms with Crippen LogP contribution in [-0.4, -0.2) is 57.6 Å². The fourth-order valence-corrected chi connectivity index (χ4v) is 4.45.